The number of pyridine rings is 1. The number of nitriles is 1. The predicted molar refractivity (Wildman–Crippen MR) is 72.2 cm³/mol. The van der Waals surface area contributed by atoms with E-state index < -0.39 is 5.97 Å². The van der Waals surface area contributed by atoms with Crippen LogP contribution in [0.25, 0.3) is 10.9 Å². The average molecular weight is 255 g/mol. The fraction of sp³-hybridized carbons (Fsp3) is 0.214. The van der Waals surface area contributed by atoms with Gasteiger partial charge >= 0.3 is 5.97 Å². The van der Waals surface area contributed by atoms with Crippen LogP contribution in [0.15, 0.2) is 30.3 Å². The summed E-state index contributed by atoms with van der Waals surface area (Å²) in [6.45, 7) is 0.545. The van der Waals surface area contributed by atoms with Crippen molar-refractivity contribution in [1.29, 1.82) is 5.26 Å². The second-order valence-corrected chi connectivity index (χ2v) is 4.18. The van der Waals surface area contributed by atoms with Crippen molar-refractivity contribution in [2.24, 2.45) is 0 Å². The number of carboxylic acid groups (broad SMARTS) is 1. The Bertz CT molecular complexity index is 661. The monoisotopic (exact) mass is 255 g/mol. The first-order valence-electron chi connectivity index (χ1n) is 5.84. The minimum Gasteiger partial charge on any atom is -0.477 e. The lowest BCUT2D eigenvalue weighted by atomic mass is 10.1. The molecule has 0 fully saturated rings. The van der Waals surface area contributed by atoms with Gasteiger partial charge in [0.1, 0.15) is 0 Å². The van der Waals surface area contributed by atoms with E-state index in [-0.39, 0.29) is 5.69 Å². The van der Waals surface area contributed by atoms with E-state index in [0.29, 0.717) is 18.5 Å². The maximum absolute atomic E-state index is 11.1. The average Bonchev–Trinajstić information content (AvgIpc) is 2.43. The highest BCUT2D eigenvalue weighted by molar-refractivity contribution is 5.97. The molecule has 96 valence electrons. The quantitative estimate of drug-likeness (QED) is 0.906. The van der Waals surface area contributed by atoms with Crippen LogP contribution in [0, 0.1) is 11.3 Å². The Morgan fingerprint density at radius 2 is 2.21 bits per heavy atom. The number of carboxylic acids is 1. The third-order valence-corrected chi connectivity index (χ3v) is 2.88. The Balaban J connectivity index is 2.56. The van der Waals surface area contributed by atoms with Gasteiger partial charge in [0.2, 0.25) is 0 Å². The summed E-state index contributed by atoms with van der Waals surface area (Å²) in [5, 5.41) is 18.6. The Labute approximate surface area is 110 Å². The molecule has 0 aliphatic carbocycles. The summed E-state index contributed by atoms with van der Waals surface area (Å²) in [6.07, 6.45) is 0.384. The molecule has 0 aliphatic rings. The molecule has 0 radical (unpaired) electrons. The Morgan fingerprint density at radius 3 is 2.89 bits per heavy atom. The summed E-state index contributed by atoms with van der Waals surface area (Å²) in [6, 6.07) is 11.0. The Morgan fingerprint density at radius 1 is 1.47 bits per heavy atom. The summed E-state index contributed by atoms with van der Waals surface area (Å²) in [4.78, 5) is 17.1. The zero-order valence-electron chi connectivity index (χ0n) is 10.5. The summed E-state index contributed by atoms with van der Waals surface area (Å²) < 4.78 is 0. The summed E-state index contributed by atoms with van der Waals surface area (Å²) >= 11 is 0. The highest BCUT2D eigenvalue weighted by Crippen LogP contribution is 2.26. The lowest BCUT2D eigenvalue weighted by molar-refractivity contribution is 0.0691. The summed E-state index contributed by atoms with van der Waals surface area (Å²) in [5.74, 6) is -1.05. The smallest absolute Gasteiger partial charge is 0.354 e. The number of aromatic carboxylic acids is 1. The first-order valence-corrected chi connectivity index (χ1v) is 5.84. The van der Waals surface area contributed by atoms with E-state index in [0.717, 1.165) is 11.1 Å². The normalized spacial score (nSPS) is 10.1. The number of para-hydroxylation sites is 1. The van der Waals surface area contributed by atoms with E-state index in [9.17, 15) is 4.79 Å². The van der Waals surface area contributed by atoms with E-state index in [2.05, 4.69) is 11.1 Å². The number of hydrogen-bond donors (Lipinski definition) is 1. The number of nitrogens with zero attached hydrogens (tertiary/aromatic N) is 3. The number of anilines is 1. The molecule has 1 aromatic carbocycles. The molecule has 0 amide bonds. The summed E-state index contributed by atoms with van der Waals surface area (Å²) in [7, 11) is 1.84. The van der Waals surface area contributed by atoms with Crippen molar-refractivity contribution >= 4 is 22.6 Å². The van der Waals surface area contributed by atoms with E-state index in [1.165, 1.54) is 0 Å². The van der Waals surface area contributed by atoms with E-state index in [4.69, 9.17) is 10.4 Å². The topological polar surface area (TPSA) is 77.2 Å². The van der Waals surface area contributed by atoms with Crippen LogP contribution in [0.3, 0.4) is 0 Å². The molecule has 1 aromatic heterocycles. The lowest BCUT2D eigenvalue weighted by Crippen LogP contribution is -2.19. The molecule has 0 unspecified atom stereocenters. The molecule has 5 nitrogen and oxygen atoms in total. The van der Waals surface area contributed by atoms with E-state index in [1.54, 1.807) is 12.1 Å². The van der Waals surface area contributed by atoms with Crippen LogP contribution in [0.4, 0.5) is 5.69 Å². The molecular formula is C14H13N3O2. The fourth-order valence-electron chi connectivity index (χ4n) is 1.92. The molecule has 2 rings (SSSR count). The largest absolute Gasteiger partial charge is 0.477 e. The van der Waals surface area contributed by atoms with Gasteiger partial charge < -0.3 is 10.0 Å². The molecule has 1 N–H and O–H groups in total. The van der Waals surface area contributed by atoms with Crippen molar-refractivity contribution in [2.75, 3.05) is 18.5 Å². The van der Waals surface area contributed by atoms with Gasteiger partial charge in [0.25, 0.3) is 0 Å². The van der Waals surface area contributed by atoms with Crippen molar-refractivity contribution in [1.82, 2.24) is 4.98 Å². The Hall–Kier alpha value is -2.61. The van der Waals surface area contributed by atoms with Gasteiger partial charge in [0.15, 0.2) is 5.69 Å². The van der Waals surface area contributed by atoms with Crippen LogP contribution >= 0.6 is 0 Å². The molecule has 0 aliphatic heterocycles. The van der Waals surface area contributed by atoms with Gasteiger partial charge in [-0.1, -0.05) is 18.2 Å². The van der Waals surface area contributed by atoms with Crippen LogP contribution in [-0.2, 0) is 0 Å². The Kier molecular flexibility index (Phi) is 3.62. The van der Waals surface area contributed by atoms with Gasteiger partial charge in [-0.3, -0.25) is 0 Å². The molecule has 0 atom stereocenters. The van der Waals surface area contributed by atoms with Crippen molar-refractivity contribution in [3.63, 3.8) is 0 Å². The second-order valence-electron chi connectivity index (χ2n) is 4.18. The third kappa shape index (κ3) is 2.63. The van der Waals surface area contributed by atoms with Gasteiger partial charge in [0.05, 0.1) is 18.0 Å². The zero-order valence-corrected chi connectivity index (χ0v) is 10.5. The maximum atomic E-state index is 11.1. The highest BCUT2D eigenvalue weighted by Gasteiger charge is 2.13. The number of fused-ring (bicyclic) bond motifs is 1. The van der Waals surface area contributed by atoms with Crippen LogP contribution < -0.4 is 4.90 Å². The number of rotatable bonds is 4. The highest BCUT2D eigenvalue weighted by atomic mass is 16.4. The molecular weight excluding hydrogens is 242 g/mol. The van der Waals surface area contributed by atoms with Gasteiger partial charge in [0, 0.05) is 24.7 Å². The SMILES string of the molecule is CN(CCC#N)c1cc(C(=O)O)nc2ccccc12. The lowest BCUT2D eigenvalue weighted by Gasteiger charge is -2.20. The minimum atomic E-state index is -1.05. The summed E-state index contributed by atoms with van der Waals surface area (Å²) in [5.41, 5.74) is 1.43. The number of aromatic nitrogens is 1. The van der Waals surface area contributed by atoms with Crippen molar-refractivity contribution < 1.29 is 9.90 Å². The van der Waals surface area contributed by atoms with Gasteiger partial charge in [-0.25, -0.2) is 9.78 Å². The molecule has 19 heavy (non-hydrogen) atoms. The van der Waals surface area contributed by atoms with Crippen molar-refractivity contribution in [3.8, 4) is 6.07 Å². The molecule has 1 heterocycles. The number of carbonyl (C=O) groups is 1. The first kappa shape index (κ1) is 12.8. The van der Waals surface area contributed by atoms with Gasteiger partial charge in [-0.15, -0.1) is 0 Å². The number of hydrogen-bond acceptors (Lipinski definition) is 4. The van der Waals surface area contributed by atoms with E-state index >= 15 is 0 Å². The molecule has 0 saturated carbocycles. The molecule has 0 bridgehead atoms. The molecule has 2 aromatic rings. The zero-order chi connectivity index (χ0) is 13.8. The van der Waals surface area contributed by atoms with Crippen molar-refractivity contribution in [3.05, 3.63) is 36.0 Å². The molecule has 0 spiro atoms. The van der Waals surface area contributed by atoms with E-state index in [1.807, 2.05) is 30.1 Å². The standard InChI is InChI=1S/C14H13N3O2/c1-17(8-4-7-15)13-9-12(14(18)19)16-11-6-3-2-5-10(11)13/h2-3,5-6,9H,4,8H2,1H3,(H,18,19). The van der Waals surface area contributed by atoms with Crippen LogP contribution in [0.5, 0.6) is 0 Å². The molecule has 0 saturated heterocycles. The van der Waals surface area contributed by atoms with Crippen LogP contribution in [0.1, 0.15) is 16.9 Å². The second kappa shape index (κ2) is 5.36. The number of benzene rings is 1. The maximum Gasteiger partial charge on any atom is 0.354 e. The van der Waals surface area contributed by atoms with Gasteiger partial charge in [-0.05, 0) is 12.1 Å². The predicted octanol–water partition coefficient (Wildman–Crippen LogP) is 2.28. The molecule has 5 heteroatoms. The van der Waals surface area contributed by atoms with Crippen molar-refractivity contribution in [2.45, 2.75) is 6.42 Å². The van der Waals surface area contributed by atoms with Crippen LogP contribution in [0.2, 0.25) is 0 Å². The van der Waals surface area contributed by atoms with Crippen LogP contribution in [-0.4, -0.2) is 29.7 Å². The third-order valence-electron chi connectivity index (χ3n) is 2.88. The van der Waals surface area contributed by atoms with Gasteiger partial charge in [-0.2, -0.15) is 5.26 Å². The minimum absolute atomic E-state index is 0.0116. The first-order chi connectivity index (χ1) is 9.13. The fourth-order valence-corrected chi connectivity index (χ4v) is 1.92.